The first-order valence-electron chi connectivity index (χ1n) is 5.54. The van der Waals surface area contributed by atoms with Crippen LogP contribution in [0.3, 0.4) is 0 Å². The SMILES string of the molecule is Oc1ccccc1SCc1nc(Cl)c2ccsc2n1. The number of nitrogens with zero attached hydrogens (tertiary/aromatic N) is 2. The number of hydrogen-bond donors (Lipinski definition) is 1. The average Bonchev–Trinajstić information content (AvgIpc) is 2.87. The maximum Gasteiger partial charge on any atom is 0.142 e. The maximum absolute atomic E-state index is 9.70. The van der Waals surface area contributed by atoms with Crippen molar-refractivity contribution in [1.82, 2.24) is 9.97 Å². The van der Waals surface area contributed by atoms with E-state index in [4.69, 9.17) is 11.6 Å². The molecule has 0 aliphatic rings. The zero-order valence-corrected chi connectivity index (χ0v) is 12.1. The van der Waals surface area contributed by atoms with E-state index in [0.29, 0.717) is 16.7 Å². The fourth-order valence-electron chi connectivity index (χ4n) is 1.65. The average molecular weight is 309 g/mol. The Hall–Kier alpha value is -1.30. The Morgan fingerprint density at radius 1 is 1.21 bits per heavy atom. The number of phenols is 1. The number of thiophene rings is 1. The lowest BCUT2D eigenvalue weighted by atomic mass is 10.3. The van der Waals surface area contributed by atoms with Crippen LogP contribution in [0.15, 0.2) is 40.6 Å². The third-order valence-electron chi connectivity index (χ3n) is 2.55. The van der Waals surface area contributed by atoms with Crippen LogP contribution in [0.5, 0.6) is 5.75 Å². The molecule has 3 nitrogen and oxygen atoms in total. The molecule has 1 aromatic carbocycles. The fraction of sp³-hybridized carbons (Fsp3) is 0.0769. The molecule has 2 aromatic heterocycles. The van der Waals surface area contributed by atoms with Gasteiger partial charge in [-0.3, -0.25) is 0 Å². The van der Waals surface area contributed by atoms with Crippen molar-refractivity contribution in [2.75, 3.05) is 0 Å². The molecule has 2 heterocycles. The van der Waals surface area contributed by atoms with Crippen molar-refractivity contribution >= 4 is 44.9 Å². The van der Waals surface area contributed by atoms with E-state index in [1.165, 1.54) is 11.8 Å². The molecule has 0 atom stereocenters. The van der Waals surface area contributed by atoms with Crippen molar-refractivity contribution in [3.05, 3.63) is 46.7 Å². The van der Waals surface area contributed by atoms with Crippen LogP contribution in [0.4, 0.5) is 0 Å². The Labute approximate surface area is 123 Å². The zero-order valence-electron chi connectivity index (χ0n) is 9.71. The minimum Gasteiger partial charge on any atom is -0.507 e. The summed E-state index contributed by atoms with van der Waals surface area (Å²) in [7, 11) is 0. The van der Waals surface area contributed by atoms with Crippen LogP contribution in [0, 0.1) is 0 Å². The summed E-state index contributed by atoms with van der Waals surface area (Å²) in [5.41, 5.74) is 0. The van der Waals surface area contributed by atoms with Crippen LogP contribution in [0.1, 0.15) is 5.82 Å². The summed E-state index contributed by atoms with van der Waals surface area (Å²) in [5.74, 6) is 1.52. The highest BCUT2D eigenvalue weighted by Crippen LogP contribution is 2.31. The first-order valence-corrected chi connectivity index (χ1v) is 7.79. The third kappa shape index (κ3) is 2.68. The molecule has 96 valence electrons. The van der Waals surface area contributed by atoms with Crippen LogP contribution >= 0.6 is 34.7 Å². The summed E-state index contributed by atoms with van der Waals surface area (Å²) >= 11 is 9.15. The van der Waals surface area contributed by atoms with Crippen molar-refractivity contribution in [2.24, 2.45) is 0 Å². The second-order valence-electron chi connectivity index (χ2n) is 3.83. The van der Waals surface area contributed by atoms with Gasteiger partial charge in [-0.15, -0.1) is 23.1 Å². The van der Waals surface area contributed by atoms with Gasteiger partial charge in [-0.2, -0.15) is 0 Å². The molecular formula is C13H9ClN2OS2. The molecule has 19 heavy (non-hydrogen) atoms. The van der Waals surface area contributed by atoms with E-state index in [9.17, 15) is 5.11 Å². The highest BCUT2D eigenvalue weighted by molar-refractivity contribution is 7.98. The second-order valence-corrected chi connectivity index (χ2v) is 6.10. The Kier molecular flexibility index (Phi) is 3.59. The molecule has 0 aliphatic heterocycles. The predicted molar refractivity (Wildman–Crippen MR) is 80.1 cm³/mol. The van der Waals surface area contributed by atoms with Gasteiger partial charge in [0.25, 0.3) is 0 Å². The van der Waals surface area contributed by atoms with Crippen LogP contribution in [0.25, 0.3) is 10.2 Å². The number of aromatic hydroxyl groups is 1. The van der Waals surface area contributed by atoms with Crippen LogP contribution < -0.4 is 0 Å². The van der Waals surface area contributed by atoms with Crippen LogP contribution in [0.2, 0.25) is 5.15 Å². The molecule has 3 aromatic rings. The quantitative estimate of drug-likeness (QED) is 0.577. The van der Waals surface area contributed by atoms with Crippen molar-refractivity contribution in [3.63, 3.8) is 0 Å². The summed E-state index contributed by atoms with van der Waals surface area (Å²) in [6.07, 6.45) is 0. The van der Waals surface area contributed by atoms with Gasteiger partial charge in [0.15, 0.2) is 0 Å². The third-order valence-corrected chi connectivity index (χ3v) is 4.70. The lowest BCUT2D eigenvalue weighted by molar-refractivity contribution is 0.462. The maximum atomic E-state index is 9.70. The Bertz CT molecular complexity index is 729. The predicted octanol–water partition coefficient (Wildman–Crippen LogP) is 4.34. The van der Waals surface area contributed by atoms with E-state index in [0.717, 1.165) is 15.1 Å². The molecule has 0 bridgehead atoms. The molecule has 0 spiro atoms. The molecule has 0 radical (unpaired) electrons. The van der Waals surface area contributed by atoms with Gasteiger partial charge in [0.05, 0.1) is 5.75 Å². The minimum atomic E-state index is 0.274. The smallest absolute Gasteiger partial charge is 0.142 e. The summed E-state index contributed by atoms with van der Waals surface area (Å²) in [4.78, 5) is 10.4. The van der Waals surface area contributed by atoms with Gasteiger partial charge in [0.1, 0.15) is 21.6 Å². The van der Waals surface area contributed by atoms with Crippen molar-refractivity contribution in [2.45, 2.75) is 10.6 Å². The molecule has 0 saturated carbocycles. The van der Waals surface area contributed by atoms with Gasteiger partial charge in [-0.05, 0) is 23.6 Å². The Balaban J connectivity index is 1.84. The topological polar surface area (TPSA) is 46.0 Å². The number of phenolic OH excluding ortho intramolecular Hbond substituents is 1. The normalized spacial score (nSPS) is 11.0. The van der Waals surface area contributed by atoms with Gasteiger partial charge in [0, 0.05) is 10.3 Å². The van der Waals surface area contributed by atoms with E-state index in [-0.39, 0.29) is 5.75 Å². The molecule has 0 aliphatic carbocycles. The molecule has 3 rings (SSSR count). The minimum absolute atomic E-state index is 0.274. The van der Waals surface area contributed by atoms with Gasteiger partial charge in [-0.25, -0.2) is 9.97 Å². The van der Waals surface area contributed by atoms with Gasteiger partial charge in [-0.1, -0.05) is 23.7 Å². The number of hydrogen-bond acceptors (Lipinski definition) is 5. The number of thioether (sulfide) groups is 1. The van der Waals surface area contributed by atoms with E-state index in [1.807, 2.05) is 23.6 Å². The molecule has 6 heteroatoms. The van der Waals surface area contributed by atoms with E-state index < -0.39 is 0 Å². The molecule has 0 unspecified atom stereocenters. The number of benzene rings is 1. The monoisotopic (exact) mass is 308 g/mol. The number of fused-ring (bicyclic) bond motifs is 1. The summed E-state index contributed by atoms with van der Waals surface area (Å²) in [6, 6.07) is 9.13. The number of para-hydroxylation sites is 1. The number of halogens is 1. The van der Waals surface area contributed by atoms with Crippen molar-refractivity contribution < 1.29 is 5.11 Å². The summed E-state index contributed by atoms with van der Waals surface area (Å²) in [6.45, 7) is 0. The van der Waals surface area contributed by atoms with E-state index in [2.05, 4.69) is 9.97 Å². The molecule has 0 amide bonds. The Morgan fingerprint density at radius 3 is 2.89 bits per heavy atom. The van der Waals surface area contributed by atoms with Gasteiger partial charge in [0.2, 0.25) is 0 Å². The molecule has 0 fully saturated rings. The molecule has 1 N–H and O–H groups in total. The number of rotatable bonds is 3. The standard InChI is InChI=1S/C13H9ClN2OS2/c14-12-8-5-6-18-13(8)16-11(15-12)7-19-10-4-2-1-3-9(10)17/h1-6,17H,7H2. The molecular weight excluding hydrogens is 300 g/mol. The van der Waals surface area contributed by atoms with Gasteiger partial charge >= 0.3 is 0 Å². The first-order chi connectivity index (χ1) is 9.24. The Morgan fingerprint density at radius 2 is 2.05 bits per heavy atom. The fourth-order valence-corrected chi connectivity index (χ4v) is 3.54. The second kappa shape index (κ2) is 5.36. The van der Waals surface area contributed by atoms with Crippen LogP contribution in [-0.4, -0.2) is 15.1 Å². The van der Waals surface area contributed by atoms with Crippen molar-refractivity contribution in [3.8, 4) is 5.75 Å². The first kappa shape index (κ1) is 12.7. The summed E-state index contributed by atoms with van der Waals surface area (Å²) in [5, 5.41) is 13.0. The molecule has 0 saturated heterocycles. The zero-order chi connectivity index (χ0) is 13.2. The largest absolute Gasteiger partial charge is 0.507 e. The highest BCUT2D eigenvalue weighted by atomic mass is 35.5. The lowest BCUT2D eigenvalue weighted by Gasteiger charge is -2.04. The van der Waals surface area contributed by atoms with E-state index >= 15 is 0 Å². The number of aromatic nitrogens is 2. The van der Waals surface area contributed by atoms with Gasteiger partial charge < -0.3 is 5.11 Å². The van der Waals surface area contributed by atoms with Crippen molar-refractivity contribution in [1.29, 1.82) is 0 Å². The summed E-state index contributed by atoms with van der Waals surface area (Å²) < 4.78 is 0. The highest BCUT2D eigenvalue weighted by Gasteiger charge is 2.08. The van der Waals surface area contributed by atoms with E-state index in [1.54, 1.807) is 23.5 Å². The lowest BCUT2D eigenvalue weighted by Crippen LogP contribution is -1.92. The van der Waals surface area contributed by atoms with Crippen LogP contribution in [-0.2, 0) is 5.75 Å².